The maximum atomic E-state index is 6.63. The Hall–Kier alpha value is -1.22. The Labute approximate surface area is 174 Å². The number of hydrogen-bond donors (Lipinski definition) is 0. The molecule has 2 aliphatic rings. The molecule has 3 rings (SSSR count). The summed E-state index contributed by atoms with van der Waals surface area (Å²) in [6.45, 7) is 13.5. The van der Waals surface area contributed by atoms with E-state index in [1.165, 1.54) is 61.6 Å². The van der Waals surface area contributed by atoms with Crippen LogP contribution >= 0.6 is 0 Å². The van der Waals surface area contributed by atoms with Crippen molar-refractivity contribution in [2.24, 2.45) is 5.92 Å². The first-order valence-corrected chi connectivity index (χ1v) is 13.7. The lowest BCUT2D eigenvalue weighted by atomic mass is 9.68. The summed E-state index contributed by atoms with van der Waals surface area (Å²) in [5, 5.41) is 0. The van der Waals surface area contributed by atoms with Crippen molar-refractivity contribution < 1.29 is 9.16 Å². The number of allylic oxidation sites excluding steroid dienone is 2. The summed E-state index contributed by atoms with van der Waals surface area (Å²) in [6, 6.07) is 4.64. The Kier molecular flexibility index (Phi) is 6.96. The zero-order valence-electron chi connectivity index (χ0n) is 18.9. The van der Waals surface area contributed by atoms with Gasteiger partial charge in [0.25, 0.3) is 9.04 Å². The summed E-state index contributed by atoms with van der Waals surface area (Å²) in [6.07, 6.45) is 12.6. The van der Waals surface area contributed by atoms with Crippen molar-refractivity contribution in [1.29, 1.82) is 0 Å². The van der Waals surface area contributed by atoms with Crippen LogP contribution in [0.5, 0.6) is 11.5 Å². The molecule has 2 atom stereocenters. The van der Waals surface area contributed by atoms with Gasteiger partial charge >= 0.3 is 0 Å². The Morgan fingerprint density at radius 3 is 2.61 bits per heavy atom. The molecule has 0 N–H and O–H groups in total. The SMILES string of the molecule is CCCCCCCc1cc(O[Si](C)C)c2c(c1)OC(C)(C)[C@@H]1CCC(C)=C[C@@H]21. The molecule has 3 heteroatoms. The van der Waals surface area contributed by atoms with Crippen LogP contribution in [0.3, 0.4) is 0 Å². The molecule has 155 valence electrons. The van der Waals surface area contributed by atoms with E-state index in [4.69, 9.17) is 9.16 Å². The van der Waals surface area contributed by atoms with Gasteiger partial charge in [-0.2, -0.15) is 0 Å². The average molecular weight is 400 g/mol. The van der Waals surface area contributed by atoms with Gasteiger partial charge in [-0.15, -0.1) is 0 Å². The summed E-state index contributed by atoms with van der Waals surface area (Å²) < 4.78 is 13.1. The van der Waals surface area contributed by atoms with Crippen molar-refractivity contribution >= 4 is 9.04 Å². The number of aryl methyl sites for hydroxylation is 1. The lowest BCUT2D eigenvalue weighted by Crippen LogP contribution is -2.45. The molecule has 0 bridgehead atoms. The van der Waals surface area contributed by atoms with Crippen molar-refractivity contribution in [2.45, 2.75) is 104 Å². The number of fused-ring (bicyclic) bond motifs is 3. The summed E-state index contributed by atoms with van der Waals surface area (Å²) in [7, 11) is -0.823. The molecular weight excluding hydrogens is 360 g/mol. The van der Waals surface area contributed by atoms with E-state index in [9.17, 15) is 0 Å². The van der Waals surface area contributed by atoms with Gasteiger partial charge in [0.2, 0.25) is 0 Å². The van der Waals surface area contributed by atoms with Gasteiger partial charge in [0, 0.05) is 17.4 Å². The van der Waals surface area contributed by atoms with Crippen molar-refractivity contribution in [1.82, 2.24) is 0 Å². The molecule has 0 amide bonds. The molecule has 28 heavy (non-hydrogen) atoms. The van der Waals surface area contributed by atoms with Gasteiger partial charge in [-0.05, 0) is 77.2 Å². The molecule has 1 aliphatic carbocycles. The van der Waals surface area contributed by atoms with E-state index in [1.54, 1.807) is 0 Å². The van der Waals surface area contributed by atoms with Gasteiger partial charge < -0.3 is 9.16 Å². The molecule has 0 fully saturated rings. The van der Waals surface area contributed by atoms with E-state index >= 15 is 0 Å². The van der Waals surface area contributed by atoms with Crippen LogP contribution < -0.4 is 9.16 Å². The molecule has 1 aromatic rings. The van der Waals surface area contributed by atoms with Gasteiger partial charge in [0.1, 0.15) is 17.1 Å². The molecule has 0 unspecified atom stereocenters. The van der Waals surface area contributed by atoms with Crippen LogP contribution in [0.15, 0.2) is 23.8 Å². The third-order valence-corrected chi connectivity index (χ3v) is 7.02. The Balaban J connectivity index is 1.94. The summed E-state index contributed by atoms with van der Waals surface area (Å²) in [4.78, 5) is 0. The molecule has 0 aromatic heterocycles. The predicted octanol–water partition coefficient (Wildman–Crippen LogP) is 7.44. The number of rotatable bonds is 8. The highest BCUT2D eigenvalue weighted by Gasteiger charge is 2.45. The summed E-state index contributed by atoms with van der Waals surface area (Å²) in [5.41, 5.74) is 4.07. The number of benzene rings is 1. The van der Waals surface area contributed by atoms with Crippen molar-refractivity contribution in [3.8, 4) is 11.5 Å². The minimum absolute atomic E-state index is 0.127. The van der Waals surface area contributed by atoms with Gasteiger partial charge in [-0.3, -0.25) is 0 Å². The monoisotopic (exact) mass is 399 g/mol. The lowest BCUT2D eigenvalue weighted by molar-refractivity contribution is 0.0110. The van der Waals surface area contributed by atoms with E-state index in [2.05, 4.69) is 59.0 Å². The number of ether oxygens (including phenoxy) is 1. The smallest absolute Gasteiger partial charge is 0.274 e. The largest absolute Gasteiger partial charge is 0.542 e. The van der Waals surface area contributed by atoms with E-state index < -0.39 is 9.04 Å². The normalized spacial score (nSPS) is 22.9. The Bertz CT molecular complexity index is 687. The van der Waals surface area contributed by atoms with E-state index in [0.29, 0.717) is 11.8 Å². The van der Waals surface area contributed by atoms with E-state index in [-0.39, 0.29) is 5.60 Å². The second kappa shape index (κ2) is 9.07. The molecular formula is C25H39O2Si. The van der Waals surface area contributed by atoms with Gasteiger partial charge in [0.05, 0.1) is 0 Å². The quantitative estimate of drug-likeness (QED) is 0.257. The molecule has 1 aliphatic heterocycles. The van der Waals surface area contributed by atoms with Gasteiger partial charge in [-0.25, -0.2) is 0 Å². The molecule has 0 saturated heterocycles. The molecule has 0 saturated carbocycles. The number of unbranched alkanes of at least 4 members (excludes halogenated alkanes) is 4. The van der Waals surface area contributed by atoms with Crippen LogP contribution in [0.25, 0.3) is 0 Å². The molecule has 0 spiro atoms. The summed E-state index contributed by atoms with van der Waals surface area (Å²) in [5.74, 6) is 3.11. The first kappa shape index (κ1) is 21.5. The molecule has 1 radical (unpaired) electrons. The van der Waals surface area contributed by atoms with Crippen LogP contribution in [0.1, 0.15) is 89.7 Å². The average Bonchev–Trinajstić information content (AvgIpc) is 2.59. The topological polar surface area (TPSA) is 18.5 Å². The fourth-order valence-electron chi connectivity index (χ4n) is 4.94. The highest BCUT2D eigenvalue weighted by atomic mass is 28.3. The maximum Gasteiger partial charge on any atom is 0.274 e. The van der Waals surface area contributed by atoms with Gasteiger partial charge in [0.15, 0.2) is 0 Å². The fourth-order valence-corrected chi connectivity index (χ4v) is 5.55. The minimum atomic E-state index is -0.823. The van der Waals surface area contributed by atoms with Crippen LogP contribution in [-0.2, 0) is 6.42 Å². The molecule has 2 nitrogen and oxygen atoms in total. The van der Waals surface area contributed by atoms with Crippen LogP contribution in [0.4, 0.5) is 0 Å². The predicted molar refractivity (Wildman–Crippen MR) is 121 cm³/mol. The van der Waals surface area contributed by atoms with E-state index in [1.807, 2.05) is 0 Å². The Morgan fingerprint density at radius 1 is 1.14 bits per heavy atom. The Morgan fingerprint density at radius 2 is 1.89 bits per heavy atom. The third-order valence-electron chi connectivity index (χ3n) is 6.39. The summed E-state index contributed by atoms with van der Waals surface area (Å²) >= 11 is 0. The lowest BCUT2D eigenvalue weighted by Gasteiger charge is -2.47. The van der Waals surface area contributed by atoms with Crippen LogP contribution in [-0.4, -0.2) is 14.6 Å². The number of hydrogen-bond acceptors (Lipinski definition) is 2. The van der Waals surface area contributed by atoms with Gasteiger partial charge in [-0.1, -0.05) is 44.3 Å². The first-order chi connectivity index (χ1) is 13.3. The van der Waals surface area contributed by atoms with Crippen LogP contribution in [0, 0.1) is 5.92 Å². The second-order valence-electron chi connectivity index (χ2n) is 9.57. The highest BCUT2D eigenvalue weighted by Crippen LogP contribution is 2.53. The maximum absolute atomic E-state index is 6.63. The van der Waals surface area contributed by atoms with Crippen LogP contribution in [0.2, 0.25) is 13.1 Å². The zero-order valence-corrected chi connectivity index (χ0v) is 19.9. The first-order valence-electron chi connectivity index (χ1n) is 11.3. The van der Waals surface area contributed by atoms with E-state index in [0.717, 1.165) is 17.9 Å². The second-order valence-corrected chi connectivity index (χ2v) is 11.6. The highest BCUT2D eigenvalue weighted by molar-refractivity contribution is 6.49. The fraction of sp³-hybridized carbons (Fsp3) is 0.680. The van der Waals surface area contributed by atoms with Crippen molar-refractivity contribution in [3.05, 3.63) is 34.9 Å². The van der Waals surface area contributed by atoms with Crippen molar-refractivity contribution in [2.75, 3.05) is 0 Å². The third kappa shape index (κ3) is 4.84. The van der Waals surface area contributed by atoms with Crippen molar-refractivity contribution in [3.63, 3.8) is 0 Å². The minimum Gasteiger partial charge on any atom is -0.542 e. The zero-order chi connectivity index (χ0) is 20.3. The molecule has 1 heterocycles. The molecule has 1 aromatic carbocycles. The standard InChI is InChI=1S/C25H39O2Si/c1-7-8-9-10-11-12-19-16-22-24(23(17-19)27-28(5)6)20-15-18(2)13-14-21(20)25(3,4)26-22/h15-17,20-21H,7-14H2,1-6H3/t20-,21-/m1/s1.